The lowest BCUT2D eigenvalue weighted by atomic mass is 9.80. The standard InChI is InChI=1S/C20H18N2O2/c21-20-17-11-10-14(12-18(17)22-24-20)15-8-4-5-9-16(15)19(23)13-6-2-1-3-7-13/h1-9,14H,10-12,21H2. The quantitative estimate of drug-likeness (QED) is 0.747. The van der Waals surface area contributed by atoms with Gasteiger partial charge >= 0.3 is 0 Å². The minimum atomic E-state index is 0.0664. The average molecular weight is 318 g/mol. The van der Waals surface area contributed by atoms with Crippen LogP contribution in [0.25, 0.3) is 0 Å². The average Bonchev–Trinajstić information content (AvgIpc) is 3.02. The van der Waals surface area contributed by atoms with Gasteiger partial charge in [-0.25, -0.2) is 0 Å². The van der Waals surface area contributed by atoms with Crippen LogP contribution in [0, 0.1) is 0 Å². The van der Waals surface area contributed by atoms with E-state index in [4.69, 9.17) is 10.3 Å². The molecule has 0 amide bonds. The molecule has 4 nitrogen and oxygen atoms in total. The lowest BCUT2D eigenvalue weighted by molar-refractivity contribution is 0.103. The molecule has 1 heterocycles. The Kier molecular flexibility index (Phi) is 3.65. The number of hydrogen-bond acceptors (Lipinski definition) is 4. The molecule has 1 aliphatic carbocycles. The second-order valence-corrected chi connectivity index (χ2v) is 6.19. The zero-order chi connectivity index (χ0) is 16.5. The van der Waals surface area contributed by atoms with Gasteiger partial charge in [0.05, 0.1) is 5.69 Å². The minimum absolute atomic E-state index is 0.0664. The summed E-state index contributed by atoms with van der Waals surface area (Å²) < 4.78 is 5.11. The highest BCUT2D eigenvalue weighted by Gasteiger charge is 2.28. The maximum Gasteiger partial charge on any atom is 0.225 e. The Morgan fingerprint density at radius 2 is 1.83 bits per heavy atom. The molecule has 1 unspecified atom stereocenters. The van der Waals surface area contributed by atoms with Gasteiger partial charge in [-0.1, -0.05) is 59.8 Å². The van der Waals surface area contributed by atoms with E-state index in [-0.39, 0.29) is 11.7 Å². The normalized spacial score (nSPS) is 16.6. The molecule has 0 radical (unpaired) electrons. The third kappa shape index (κ3) is 2.50. The van der Waals surface area contributed by atoms with Gasteiger partial charge in [-0.15, -0.1) is 0 Å². The number of ketones is 1. The third-order valence-electron chi connectivity index (χ3n) is 4.76. The van der Waals surface area contributed by atoms with Gasteiger partial charge in [0.2, 0.25) is 5.88 Å². The number of aromatic nitrogens is 1. The summed E-state index contributed by atoms with van der Waals surface area (Å²) in [6.45, 7) is 0. The smallest absolute Gasteiger partial charge is 0.225 e. The van der Waals surface area contributed by atoms with E-state index in [0.717, 1.165) is 41.6 Å². The minimum Gasteiger partial charge on any atom is -0.367 e. The SMILES string of the molecule is Nc1onc2c1CCC(c1ccccc1C(=O)c1ccccc1)C2. The molecule has 2 N–H and O–H groups in total. The summed E-state index contributed by atoms with van der Waals surface area (Å²) in [6, 6.07) is 17.3. The number of rotatable bonds is 3. The van der Waals surface area contributed by atoms with Crippen molar-refractivity contribution in [2.24, 2.45) is 0 Å². The van der Waals surface area contributed by atoms with Crippen LogP contribution in [0.5, 0.6) is 0 Å². The van der Waals surface area contributed by atoms with Gasteiger partial charge in [0.25, 0.3) is 0 Å². The first-order chi connectivity index (χ1) is 11.7. The fourth-order valence-electron chi connectivity index (χ4n) is 3.51. The Hall–Kier alpha value is -2.88. The number of benzene rings is 2. The molecule has 0 fully saturated rings. The van der Waals surface area contributed by atoms with Gasteiger partial charge in [-0.05, 0) is 24.3 Å². The number of nitrogen functional groups attached to an aromatic ring is 1. The van der Waals surface area contributed by atoms with E-state index in [1.807, 2.05) is 48.5 Å². The van der Waals surface area contributed by atoms with Crippen molar-refractivity contribution in [2.45, 2.75) is 25.2 Å². The van der Waals surface area contributed by atoms with Crippen molar-refractivity contribution in [2.75, 3.05) is 5.73 Å². The number of nitrogens with zero attached hydrogens (tertiary/aromatic N) is 1. The highest BCUT2D eigenvalue weighted by molar-refractivity contribution is 6.10. The number of carbonyl (C=O) groups excluding carboxylic acids is 1. The van der Waals surface area contributed by atoms with Crippen molar-refractivity contribution in [3.8, 4) is 0 Å². The monoisotopic (exact) mass is 318 g/mol. The molecule has 1 aliphatic rings. The van der Waals surface area contributed by atoms with Crippen molar-refractivity contribution in [3.05, 3.63) is 82.5 Å². The van der Waals surface area contributed by atoms with E-state index in [2.05, 4.69) is 11.2 Å². The van der Waals surface area contributed by atoms with E-state index in [9.17, 15) is 4.79 Å². The fraction of sp³-hybridized carbons (Fsp3) is 0.200. The van der Waals surface area contributed by atoms with Crippen LogP contribution >= 0.6 is 0 Å². The van der Waals surface area contributed by atoms with Gasteiger partial charge in [0.15, 0.2) is 5.78 Å². The maximum atomic E-state index is 12.9. The van der Waals surface area contributed by atoms with E-state index < -0.39 is 0 Å². The van der Waals surface area contributed by atoms with Gasteiger partial charge in [-0.2, -0.15) is 0 Å². The number of nitrogens with two attached hydrogens (primary N) is 1. The largest absolute Gasteiger partial charge is 0.367 e. The molecule has 2 aromatic carbocycles. The Morgan fingerprint density at radius 1 is 1.08 bits per heavy atom. The molecule has 120 valence electrons. The number of fused-ring (bicyclic) bond motifs is 1. The molecular formula is C20H18N2O2. The second kappa shape index (κ2) is 5.96. The summed E-state index contributed by atoms with van der Waals surface area (Å²) in [5.74, 6) is 0.750. The van der Waals surface area contributed by atoms with Crippen molar-refractivity contribution in [3.63, 3.8) is 0 Å². The molecule has 0 aliphatic heterocycles. The number of carbonyl (C=O) groups is 1. The number of hydrogen-bond donors (Lipinski definition) is 1. The predicted octanol–water partition coefficient (Wildman–Crippen LogP) is 3.76. The Labute approximate surface area is 140 Å². The van der Waals surface area contributed by atoms with Crippen LogP contribution in [0.15, 0.2) is 59.1 Å². The first kappa shape index (κ1) is 14.7. The lowest BCUT2D eigenvalue weighted by Crippen LogP contribution is -2.16. The van der Waals surface area contributed by atoms with Crippen LogP contribution in [0.2, 0.25) is 0 Å². The molecule has 0 saturated heterocycles. The van der Waals surface area contributed by atoms with Crippen LogP contribution in [-0.4, -0.2) is 10.9 Å². The van der Waals surface area contributed by atoms with Crippen molar-refractivity contribution in [1.82, 2.24) is 5.16 Å². The van der Waals surface area contributed by atoms with Gasteiger partial charge in [0.1, 0.15) is 0 Å². The lowest BCUT2D eigenvalue weighted by Gasteiger charge is -2.23. The first-order valence-electron chi connectivity index (χ1n) is 8.15. The molecular weight excluding hydrogens is 300 g/mol. The van der Waals surface area contributed by atoms with E-state index in [1.54, 1.807) is 0 Å². The summed E-state index contributed by atoms with van der Waals surface area (Å²) >= 11 is 0. The molecule has 1 aromatic heterocycles. The van der Waals surface area contributed by atoms with Crippen LogP contribution in [0.3, 0.4) is 0 Å². The summed E-state index contributed by atoms with van der Waals surface area (Å²) in [6.07, 6.45) is 2.54. The van der Waals surface area contributed by atoms with Crippen molar-refractivity contribution >= 4 is 11.7 Å². The molecule has 1 atom stereocenters. The molecule has 24 heavy (non-hydrogen) atoms. The Morgan fingerprint density at radius 3 is 2.67 bits per heavy atom. The third-order valence-corrected chi connectivity index (χ3v) is 4.76. The summed E-state index contributed by atoms with van der Waals surface area (Å²) in [4.78, 5) is 12.9. The van der Waals surface area contributed by atoms with Crippen LogP contribution in [0.4, 0.5) is 5.88 Å². The van der Waals surface area contributed by atoms with Gasteiger partial charge in [-0.3, -0.25) is 4.79 Å². The Balaban J connectivity index is 1.69. The first-order valence-corrected chi connectivity index (χ1v) is 8.15. The van der Waals surface area contributed by atoms with Crippen molar-refractivity contribution in [1.29, 1.82) is 0 Å². The maximum absolute atomic E-state index is 12.9. The molecule has 0 saturated carbocycles. The van der Waals surface area contributed by atoms with E-state index in [1.165, 1.54) is 0 Å². The van der Waals surface area contributed by atoms with E-state index in [0.29, 0.717) is 11.4 Å². The fourth-order valence-corrected chi connectivity index (χ4v) is 3.51. The summed E-state index contributed by atoms with van der Waals surface area (Å²) in [7, 11) is 0. The molecule has 4 rings (SSSR count). The van der Waals surface area contributed by atoms with Crippen LogP contribution in [0.1, 0.15) is 45.1 Å². The molecule has 0 spiro atoms. The van der Waals surface area contributed by atoms with Gasteiger partial charge < -0.3 is 10.3 Å². The molecule has 3 aromatic rings. The van der Waals surface area contributed by atoms with Gasteiger partial charge in [0, 0.05) is 23.1 Å². The zero-order valence-corrected chi connectivity index (χ0v) is 13.2. The topological polar surface area (TPSA) is 69.1 Å². The number of anilines is 1. The van der Waals surface area contributed by atoms with Crippen molar-refractivity contribution < 1.29 is 9.32 Å². The summed E-state index contributed by atoms with van der Waals surface area (Å²) in [5, 5.41) is 4.08. The van der Waals surface area contributed by atoms with E-state index >= 15 is 0 Å². The highest BCUT2D eigenvalue weighted by Crippen LogP contribution is 2.36. The Bertz CT molecular complexity index is 884. The van der Waals surface area contributed by atoms with Crippen LogP contribution in [-0.2, 0) is 12.8 Å². The molecule has 4 heteroatoms. The molecule has 0 bridgehead atoms. The summed E-state index contributed by atoms with van der Waals surface area (Å²) in [5.41, 5.74) is 10.3. The zero-order valence-electron chi connectivity index (χ0n) is 13.2. The van der Waals surface area contributed by atoms with Crippen LogP contribution < -0.4 is 5.73 Å². The highest BCUT2D eigenvalue weighted by atomic mass is 16.5. The second-order valence-electron chi connectivity index (χ2n) is 6.19. The predicted molar refractivity (Wildman–Crippen MR) is 92.0 cm³/mol.